The third-order valence-electron chi connectivity index (χ3n) is 22.2. The number of phosphoric ester groups is 6. The minimum absolute atomic E-state index is 1.24. The van der Waals surface area contributed by atoms with Gasteiger partial charge in [-0.15, -0.1) is 0 Å². The van der Waals surface area contributed by atoms with E-state index in [0.717, 1.165) is 0 Å². The Balaban J connectivity index is -0.00000149. The predicted molar refractivity (Wildman–Crippen MR) is 471 cm³/mol. The Hall–Kier alpha value is 0.540. The fourth-order valence-electron chi connectivity index (χ4n) is 15.3. The summed E-state index contributed by atoms with van der Waals surface area (Å²) in [6.07, 6.45) is 67.5. The molecule has 1 fully saturated rings. The average molecular weight is 1810 g/mol. The molecule has 0 amide bonds. The third kappa shape index (κ3) is 87.0. The van der Waals surface area contributed by atoms with Crippen LogP contribution in [0.3, 0.4) is 0 Å². The number of rotatable bonds is 78. The van der Waals surface area contributed by atoms with Crippen LogP contribution in [0.1, 0.15) is 427 Å². The maximum absolute atomic E-state index is 11.4. The Bertz CT molecular complexity index is 2100. The molecule has 708 valence electrons. The van der Waals surface area contributed by atoms with Crippen molar-refractivity contribution in [1.29, 1.82) is 0 Å². The molecule has 0 saturated heterocycles. The van der Waals surface area contributed by atoms with E-state index in [1.54, 1.807) is 0 Å². The fourth-order valence-corrected chi connectivity index (χ4v) is 18.6. The molecule has 0 aromatic heterocycles. The van der Waals surface area contributed by atoms with Gasteiger partial charge >= 0.3 is 31.3 Å². The van der Waals surface area contributed by atoms with E-state index >= 15 is 0 Å². The van der Waals surface area contributed by atoms with Crippen molar-refractivity contribution in [3.8, 4) is 0 Å². The first-order chi connectivity index (χ1) is 54.9. The lowest BCUT2D eigenvalue weighted by Gasteiger charge is -2.51. The maximum atomic E-state index is 11.4. The van der Waals surface area contributed by atoms with Gasteiger partial charge in [0, 0.05) is 0 Å². The normalized spacial score (nSPS) is 17.7. The van der Waals surface area contributed by atoms with Crippen LogP contribution in [0.2, 0.25) is 0 Å². The Morgan fingerprint density at radius 2 is 0.308 bits per heavy atom. The van der Waals surface area contributed by atoms with Gasteiger partial charge in [-0.25, -0.2) is 18.3 Å². The summed E-state index contributed by atoms with van der Waals surface area (Å²) in [6.45, 7) is 22.1. The zero-order valence-corrected chi connectivity index (χ0v) is 81.7. The summed E-state index contributed by atoms with van der Waals surface area (Å²) in [5.74, 6) is 0. The maximum Gasteiger partial charge on any atom is 0.470 e. The molecular weight excluding hydrogens is 1620 g/mol. The molecule has 0 aromatic rings. The molecule has 0 aromatic carbocycles. The van der Waals surface area contributed by atoms with E-state index in [9.17, 15) is 42.1 Å². The second-order valence-corrected chi connectivity index (χ2v) is 42.6. The van der Waals surface area contributed by atoms with Crippen LogP contribution in [0.4, 0.5) is 0 Å². The lowest BCUT2D eigenvalue weighted by atomic mass is 9.85. The van der Waals surface area contributed by atoms with Crippen molar-refractivity contribution in [3.63, 3.8) is 0 Å². The summed E-state index contributed by atoms with van der Waals surface area (Å²) < 4.78 is 95.7. The highest BCUT2D eigenvalue weighted by Crippen LogP contribution is 2.56. The van der Waals surface area contributed by atoms with Gasteiger partial charge in [-0.05, 0) is 77.0 Å². The van der Waals surface area contributed by atoms with E-state index in [2.05, 4.69) is 111 Å². The summed E-state index contributed by atoms with van der Waals surface area (Å²) in [7, 11) is -22.4. The molecule has 117 heavy (non-hydrogen) atoms. The molecule has 0 aliphatic heterocycles. The van der Waals surface area contributed by atoms with Crippen LogP contribution in [0.15, 0.2) is 0 Å². The van der Waals surface area contributed by atoms with Gasteiger partial charge in [0.25, 0.3) is 7.82 Å². The van der Waals surface area contributed by atoms with Crippen molar-refractivity contribution in [2.24, 2.45) is 0 Å². The topological polar surface area (TPSA) is 409 Å². The Morgan fingerprint density at radius 1 is 0.197 bits per heavy atom. The second-order valence-electron chi connectivity index (χ2n) is 35.5. The molecule has 7 atom stereocenters. The smallest absolute Gasteiger partial charge is 0.470 e. The molecule has 1 unspecified atom stereocenters. The second kappa shape index (κ2) is 74.5. The van der Waals surface area contributed by atoms with Gasteiger partial charge in [0.05, 0.1) is 89.4 Å². The highest BCUT2D eigenvalue weighted by Gasteiger charge is 2.61. The van der Waals surface area contributed by atoms with Crippen molar-refractivity contribution < 1.29 is 127 Å². The standard InChI is InChI=1S/3C26H56N.C6H18O24P6/c3*1-5-7-9-11-13-15-17-19-21-23-25-27(3,4)26-24-22-20-18-16-14-12-10-8-6-2;7-31(8,9)25-1-2(26-32(10,11)12)4(28-34(16,17)18)6(30-36(22,23)24)5(29-35(19,20)21)3(1)27-33(13,14)15/h3*5-26H2,1-4H3;1-6H,(H2,7,8,9)(H2,10,11,12)(H2,13,14,15)(H2,16,17,18)(H2,19,20,21)(H2,22,23,24)/q3*+1;/p-3/t;;;1-,2-,3-,4+,5-,6-. The Kier molecular flexibility index (Phi) is 77.4. The first kappa shape index (κ1) is 122. The summed E-state index contributed by atoms with van der Waals surface area (Å²) >= 11 is 0. The van der Waals surface area contributed by atoms with Crippen molar-refractivity contribution >= 4 is 46.9 Å². The predicted octanol–water partition coefficient (Wildman–Crippen LogP) is 21.7. The van der Waals surface area contributed by atoms with E-state index in [-0.39, 0.29) is 0 Å². The highest BCUT2D eigenvalue weighted by atomic mass is 31.2. The Labute approximate surface area is 714 Å². The summed E-state index contributed by atoms with van der Waals surface area (Å²) in [5.41, 5.74) is 0. The molecule has 0 radical (unpaired) electrons. The minimum atomic E-state index is -6.54. The number of hydrogen-bond acceptors (Lipinski definition) is 15. The van der Waals surface area contributed by atoms with Gasteiger partial charge in [0.15, 0.2) is 0 Å². The van der Waals surface area contributed by atoms with E-state index in [0.29, 0.717) is 0 Å². The van der Waals surface area contributed by atoms with Crippen LogP contribution in [-0.4, -0.2) is 176 Å². The minimum Gasteiger partial charge on any atom is -0.790 e. The monoisotopic (exact) mass is 1800 g/mol. The molecule has 0 spiro atoms. The van der Waals surface area contributed by atoms with E-state index < -0.39 is 83.6 Å². The number of hydrogen-bond donors (Lipinski definition) is 9. The van der Waals surface area contributed by atoms with Crippen LogP contribution in [0.25, 0.3) is 0 Å². The van der Waals surface area contributed by atoms with Gasteiger partial charge in [-0.2, -0.15) is 0 Å². The highest BCUT2D eigenvalue weighted by molar-refractivity contribution is 7.47. The van der Waals surface area contributed by atoms with Gasteiger partial charge < -0.3 is 85.8 Å². The van der Waals surface area contributed by atoms with Gasteiger partial charge in [-0.3, -0.25) is 22.7 Å². The molecule has 33 heteroatoms. The average Bonchev–Trinajstić information content (AvgIpc) is 0.744. The van der Waals surface area contributed by atoms with E-state index in [4.69, 9.17) is 44.0 Å². The molecule has 9 N–H and O–H groups in total. The molecule has 1 aliphatic carbocycles. The lowest BCUT2D eigenvalue weighted by molar-refractivity contribution is -0.890. The van der Waals surface area contributed by atoms with Crippen LogP contribution < -0.4 is 14.7 Å². The molecule has 1 saturated carbocycles. The summed E-state index contributed by atoms with van der Waals surface area (Å²) in [5, 5.41) is 0. The number of nitrogens with zero attached hydrogens (tertiary/aromatic N) is 3. The van der Waals surface area contributed by atoms with E-state index in [1.807, 2.05) is 0 Å². The third-order valence-corrected chi connectivity index (χ3v) is 25.3. The molecule has 1 rings (SSSR count). The largest absolute Gasteiger partial charge is 0.790 e. The van der Waals surface area contributed by atoms with Crippen molar-refractivity contribution in [1.82, 2.24) is 0 Å². The van der Waals surface area contributed by atoms with Gasteiger partial charge in [-0.1, -0.05) is 350 Å². The van der Waals surface area contributed by atoms with Crippen LogP contribution in [0.5, 0.6) is 0 Å². The fraction of sp³-hybridized carbons (Fsp3) is 1.00. The first-order valence-corrected chi connectivity index (χ1v) is 55.9. The molecule has 27 nitrogen and oxygen atoms in total. The first-order valence-electron chi connectivity index (χ1n) is 46.8. The quantitative estimate of drug-likeness (QED) is 0.0155. The molecule has 0 heterocycles. The summed E-state index contributed by atoms with van der Waals surface area (Å²) in [6, 6.07) is 0. The van der Waals surface area contributed by atoms with Gasteiger partial charge in [0.1, 0.15) is 36.6 Å². The number of phosphoric acid groups is 6. The molecule has 0 bridgehead atoms. The van der Waals surface area contributed by atoms with Crippen LogP contribution in [-0.2, 0) is 54.5 Å². The number of quaternary nitrogens is 3. The van der Waals surface area contributed by atoms with Gasteiger partial charge in [0.2, 0.25) is 0 Å². The molecular formula is C84H183N3O24P6. The van der Waals surface area contributed by atoms with Crippen LogP contribution >= 0.6 is 46.9 Å². The lowest BCUT2D eigenvalue weighted by Crippen LogP contribution is -2.66. The van der Waals surface area contributed by atoms with Crippen molar-refractivity contribution in [3.05, 3.63) is 0 Å². The summed E-state index contributed by atoms with van der Waals surface area (Å²) in [4.78, 5) is 116. The SMILES string of the molecule is CCCCCCCCCCCC[N+](C)(C)CCCCCCCCCCCC.CCCCCCCCCCCC[N+](C)(C)CCCCCCCCCCCC.CCCCCCCCCCCC[N+](C)(C)CCCCCCCCCCCC.O=P([O-])([O-])O[C@H]1[C@@H](OP(=O)([O-])O)[C@@H](OP(=O)(O)O)[C@H](OP(=O)(O)O)[C@@H](OP(=O)(O)O)[C@@H]1OP(=O)(O)O. The Morgan fingerprint density at radius 3 is 0.419 bits per heavy atom. The van der Waals surface area contributed by atoms with Crippen LogP contribution in [0, 0.1) is 0 Å². The number of unbranched alkanes of at least 4 members (excludes halogenated alkanes) is 54. The van der Waals surface area contributed by atoms with Crippen molar-refractivity contribution in [2.75, 3.05) is 81.6 Å². The van der Waals surface area contributed by atoms with Crippen molar-refractivity contribution in [2.45, 2.75) is 463 Å². The zero-order chi connectivity index (χ0) is 88.9. The molecule has 1 aliphatic rings. The zero-order valence-electron chi connectivity index (χ0n) is 76.3. The van der Waals surface area contributed by atoms with E-state index in [1.165, 1.54) is 438 Å².